The first-order valence-electron chi connectivity index (χ1n) is 6.60. The molecule has 2 rings (SSSR count). The summed E-state index contributed by atoms with van der Waals surface area (Å²) in [7, 11) is 1.95. The van der Waals surface area contributed by atoms with Crippen molar-refractivity contribution in [1.82, 2.24) is 15.1 Å². The van der Waals surface area contributed by atoms with Crippen molar-refractivity contribution in [3.63, 3.8) is 0 Å². The van der Waals surface area contributed by atoms with Gasteiger partial charge < -0.3 is 5.32 Å². The standard InChI is InChI=1S/C15H20BrN3/c1-4-15(12-5-7-14(16)8-6-12)18-11(2)13-9-17-19(3)10-13/h5-11,15,18H,4H2,1-3H3. The van der Waals surface area contributed by atoms with E-state index in [2.05, 4.69) is 70.7 Å². The summed E-state index contributed by atoms with van der Waals surface area (Å²) in [5.74, 6) is 0. The van der Waals surface area contributed by atoms with Gasteiger partial charge in [-0.15, -0.1) is 0 Å². The molecule has 4 heteroatoms. The fraction of sp³-hybridized carbons (Fsp3) is 0.400. The van der Waals surface area contributed by atoms with E-state index in [1.54, 1.807) is 0 Å². The Morgan fingerprint density at radius 3 is 2.47 bits per heavy atom. The van der Waals surface area contributed by atoms with Gasteiger partial charge in [-0.2, -0.15) is 5.10 Å². The molecule has 0 radical (unpaired) electrons. The molecule has 102 valence electrons. The van der Waals surface area contributed by atoms with Crippen LogP contribution in [0.15, 0.2) is 41.1 Å². The Bertz CT molecular complexity index is 518. The molecule has 3 nitrogen and oxygen atoms in total. The van der Waals surface area contributed by atoms with Crippen molar-refractivity contribution in [2.75, 3.05) is 0 Å². The minimum Gasteiger partial charge on any atom is -0.303 e. The first kappa shape index (κ1) is 14.3. The summed E-state index contributed by atoms with van der Waals surface area (Å²) in [4.78, 5) is 0. The van der Waals surface area contributed by atoms with Crippen LogP contribution in [0.2, 0.25) is 0 Å². The molecule has 0 amide bonds. The number of nitrogens with zero attached hydrogens (tertiary/aromatic N) is 2. The van der Waals surface area contributed by atoms with Crippen molar-refractivity contribution in [1.29, 1.82) is 0 Å². The van der Waals surface area contributed by atoms with Crippen LogP contribution in [0.25, 0.3) is 0 Å². The van der Waals surface area contributed by atoms with Gasteiger partial charge in [0.15, 0.2) is 0 Å². The molecular formula is C15H20BrN3. The van der Waals surface area contributed by atoms with Gasteiger partial charge in [0.25, 0.3) is 0 Å². The Morgan fingerprint density at radius 2 is 1.95 bits per heavy atom. The first-order chi connectivity index (χ1) is 9.10. The monoisotopic (exact) mass is 321 g/mol. The highest BCUT2D eigenvalue weighted by Gasteiger charge is 2.14. The maximum atomic E-state index is 4.23. The largest absolute Gasteiger partial charge is 0.303 e. The number of halogens is 1. The molecule has 0 aliphatic rings. The van der Waals surface area contributed by atoms with Gasteiger partial charge in [-0.25, -0.2) is 0 Å². The molecule has 19 heavy (non-hydrogen) atoms. The van der Waals surface area contributed by atoms with Crippen LogP contribution >= 0.6 is 15.9 Å². The number of nitrogens with one attached hydrogen (secondary N) is 1. The van der Waals surface area contributed by atoms with Crippen molar-refractivity contribution < 1.29 is 0 Å². The Morgan fingerprint density at radius 1 is 1.26 bits per heavy atom. The molecule has 2 atom stereocenters. The molecule has 0 aliphatic heterocycles. The van der Waals surface area contributed by atoms with Crippen LogP contribution in [0.3, 0.4) is 0 Å². The average molecular weight is 322 g/mol. The molecule has 0 saturated carbocycles. The zero-order valence-electron chi connectivity index (χ0n) is 11.6. The van der Waals surface area contributed by atoms with E-state index in [0.29, 0.717) is 12.1 Å². The van der Waals surface area contributed by atoms with Crippen molar-refractivity contribution in [2.24, 2.45) is 7.05 Å². The van der Waals surface area contributed by atoms with Crippen molar-refractivity contribution >= 4 is 15.9 Å². The van der Waals surface area contributed by atoms with Gasteiger partial charge in [-0.05, 0) is 31.0 Å². The molecule has 0 fully saturated rings. The van der Waals surface area contributed by atoms with Crippen LogP contribution in [0.1, 0.15) is 43.5 Å². The number of aryl methyl sites for hydroxylation is 1. The highest BCUT2D eigenvalue weighted by molar-refractivity contribution is 9.10. The van der Waals surface area contributed by atoms with Crippen molar-refractivity contribution in [3.05, 3.63) is 52.3 Å². The zero-order valence-corrected chi connectivity index (χ0v) is 13.2. The predicted octanol–water partition coefficient (Wildman–Crippen LogP) is 3.98. The second kappa shape index (κ2) is 6.35. The fourth-order valence-corrected chi connectivity index (χ4v) is 2.47. The van der Waals surface area contributed by atoms with Gasteiger partial charge >= 0.3 is 0 Å². The smallest absolute Gasteiger partial charge is 0.0537 e. The van der Waals surface area contributed by atoms with Crippen LogP contribution < -0.4 is 5.32 Å². The lowest BCUT2D eigenvalue weighted by Gasteiger charge is -2.22. The number of hydrogen-bond acceptors (Lipinski definition) is 2. The third-order valence-corrected chi connectivity index (χ3v) is 3.89. The van der Waals surface area contributed by atoms with E-state index in [0.717, 1.165) is 10.9 Å². The van der Waals surface area contributed by atoms with Gasteiger partial charge in [0.2, 0.25) is 0 Å². The molecular weight excluding hydrogens is 302 g/mol. The summed E-state index contributed by atoms with van der Waals surface area (Å²) >= 11 is 3.48. The third kappa shape index (κ3) is 3.67. The zero-order chi connectivity index (χ0) is 13.8. The Labute approximate surface area is 123 Å². The van der Waals surface area contributed by atoms with Crippen LogP contribution in [0, 0.1) is 0 Å². The Kier molecular flexibility index (Phi) is 4.77. The topological polar surface area (TPSA) is 29.9 Å². The summed E-state index contributed by atoms with van der Waals surface area (Å²) in [6.07, 6.45) is 5.05. The van der Waals surface area contributed by atoms with Crippen molar-refractivity contribution in [3.8, 4) is 0 Å². The summed E-state index contributed by atoms with van der Waals surface area (Å²) in [6, 6.07) is 9.18. The van der Waals surface area contributed by atoms with Crippen LogP contribution in [0.5, 0.6) is 0 Å². The van der Waals surface area contributed by atoms with E-state index in [1.165, 1.54) is 11.1 Å². The van der Waals surface area contributed by atoms with Crippen LogP contribution in [0.4, 0.5) is 0 Å². The summed E-state index contributed by atoms with van der Waals surface area (Å²) in [5.41, 5.74) is 2.54. The second-order valence-electron chi connectivity index (χ2n) is 4.85. The summed E-state index contributed by atoms with van der Waals surface area (Å²) < 4.78 is 2.96. The van der Waals surface area contributed by atoms with E-state index in [4.69, 9.17) is 0 Å². The minimum atomic E-state index is 0.294. The highest BCUT2D eigenvalue weighted by atomic mass is 79.9. The molecule has 2 unspecified atom stereocenters. The number of rotatable bonds is 5. The van der Waals surface area contributed by atoms with Crippen LogP contribution in [-0.4, -0.2) is 9.78 Å². The minimum absolute atomic E-state index is 0.294. The number of benzene rings is 1. The maximum Gasteiger partial charge on any atom is 0.0537 e. The van der Waals surface area contributed by atoms with Gasteiger partial charge in [0.1, 0.15) is 0 Å². The number of hydrogen-bond donors (Lipinski definition) is 1. The molecule has 1 N–H and O–H groups in total. The van der Waals surface area contributed by atoms with Gasteiger partial charge in [0.05, 0.1) is 6.20 Å². The Balaban J connectivity index is 2.08. The van der Waals surface area contributed by atoms with Gasteiger partial charge in [0, 0.05) is 35.4 Å². The molecule has 1 aromatic heterocycles. The number of aromatic nitrogens is 2. The van der Waals surface area contributed by atoms with E-state index < -0.39 is 0 Å². The van der Waals surface area contributed by atoms with E-state index >= 15 is 0 Å². The average Bonchev–Trinajstić information content (AvgIpc) is 2.84. The highest BCUT2D eigenvalue weighted by Crippen LogP contribution is 2.23. The lowest BCUT2D eigenvalue weighted by molar-refractivity contribution is 0.456. The van der Waals surface area contributed by atoms with Gasteiger partial charge in [-0.3, -0.25) is 4.68 Å². The third-order valence-electron chi connectivity index (χ3n) is 3.36. The molecule has 1 heterocycles. The van der Waals surface area contributed by atoms with E-state index in [1.807, 2.05) is 17.9 Å². The lowest BCUT2D eigenvalue weighted by atomic mass is 10.0. The summed E-state index contributed by atoms with van der Waals surface area (Å²) in [6.45, 7) is 4.38. The SMILES string of the molecule is CCC(NC(C)c1cnn(C)c1)c1ccc(Br)cc1. The normalized spacial score (nSPS) is 14.3. The molecule has 0 aliphatic carbocycles. The fourth-order valence-electron chi connectivity index (χ4n) is 2.21. The van der Waals surface area contributed by atoms with E-state index in [-0.39, 0.29) is 0 Å². The molecule has 1 aromatic carbocycles. The van der Waals surface area contributed by atoms with Gasteiger partial charge in [-0.1, -0.05) is 35.0 Å². The van der Waals surface area contributed by atoms with Crippen molar-refractivity contribution in [2.45, 2.75) is 32.4 Å². The molecule has 2 aromatic rings. The van der Waals surface area contributed by atoms with Crippen LogP contribution in [-0.2, 0) is 7.05 Å². The summed E-state index contributed by atoms with van der Waals surface area (Å²) in [5, 5.41) is 7.89. The predicted molar refractivity (Wildman–Crippen MR) is 81.9 cm³/mol. The second-order valence-corrected chi connectivity index (χ2v) is 5.76. The molecule has 0 bridgehead atoms. The molecule has 0 spiro atoms. The van der Waals surface area contributed by atoms with E-state index in [9.17, 15) is 0 Å². The lowest BCUT2D eigenvalue weighted by Crippen LogP contribution is -2.24. The maximum absolute atomic E-state index is 4.23. The first-order valence-corrected chi connectivity index (χ1v) is 7.39. The molecule has 0 saturated heterocycles. The Hall–Kier alpha value is -1.13. The quantitative estimate of drug-likeness (QED) is 0.902.